The van der Waals surface area contributed by atoms with E-state index in [2.05, 4.69) is 12.1 Å². The zero-order chi connectivity index (χ0) is 16.8. The first kappa shape index (κ1) is 18.6. The van der Waals surface area contributed by atoms with Gasteiger partial charge in [-0.2, -0.15) is 8.42 Å². The SMILES string of the molecule is CCCCCCC(Cc1onc(C)c1[N+](=O)[O-])OS(C)(=O)=O. The summed E-state index contributed by atoms with van der Waals surface area (Å²) in [6, 6.07) is 0. The minimum absolute atomic E-state index is 0.0103. The Hall–Kier alpha value is -1.48. The topological polar surface area (TPSA) is 113 Å². The lowest BCUT2D eigenvalue weighted by molar-refractivity contribution is -0.386. The molecule has 0 saturated carbocycles. The molecule has 0 saturated heterocycles. The highest BCUT2D eigenvalue weighted by Gasteiger charge is 2.28. The number of nitro groups is 1. The largest absolute Gasteiger partial charge is 0.353 e. The van der Waals surface area contributed by atoms with Gasteiger partial charge in [-0.3, -0.25) is 14.3 Å². The second-order valence-electron chi connectivity index (χ2n) is 5.27. The zero-order valence-corrected chi connectivity index (χ0v) is 13.9. The minimum Gasteiger partial charge on any atom is -0.353 e. The maximum atomic E-state index is 11.3. The number of aromatic nitrogens is 1. The van der Waals surface area contributed by atoms with E-state index in [1.807, 2.05) is 0 Å². The Balaban J connectivity index is 2.81. The van der Waals surface area contributed by atoms with Crippen molar-refractivity contribution in [2.75, 3.05) is 6.26 Å². The van der Waals surface area contributed by atoms with Gasteiger partial charge in [0.25, 0.3) is 10.1 Å². The van der Waals surface area contributed by atoms with Gasteiger partial charge in [0.1, 0.15) is 0 Å². The van der Waals surface area contributed by atoms with Crippen LogP contribution in [0.5, 0.6) is 0 Å². The van der Waals surface area contributed by atoms with Crippen LogP contribution in [0.2, 0.25) is 0 Å². The Morgan fingerprint density at radius 3 is 2.59 bits per heavy atom. The van der Waals surface area contributed by atoms with Gasteiger partial charge < -0.3 is 4.52 Å². The lowest BCUT2D eigenvalue weighted by atomic mass is 10.1. The van der Waals surface area contributed by atoms with Crippen LogP contribution < -0.4 is 0 Å². The van der Waals surface area contributed by atoms with Crippen molar-refractivity contribution in [3.63, 3.8) is 0 Å². The van der Waals surface area contributed by atoms with E-state index in [1.165, 1.54) is 6.92 Å². The number of hydrogen-bond acceptors (Lipinski definition) is 7. The van der Waals surface area contributed by atoms with Crippen LogP contribution in [0.25, 0.3) is 0 Å². The predicted octanol–water partition coefficient (Wildman–Crippen LogP) is 2.75. The highest BCUT2D eigenvalue weighted by atomic mass is 32.2. The van der Waals surface area contributed by atoms with Gasteiger partial charge in [0.15, 0.2) is 5.69 Å². The van der Waals surface area contributed by atoms with E-state index in [0.29, 0.717) is 6.42 Å². The Morgan fingerprint density at radius 2 is 2.05 bits per heavy atom. The molecule has 1 rings (SSSR count). The fraction of sp³-hybridized carbons (Fsp3) is 0.769. The Labute approximate surface area is 130 Å². The standard InChI is InChI=1S/C13H22N2O6S/c1-4-5-6-7-8-11(21-22(3,18)19)9-12-13(15(16)17)10(2)14-20-12/h11H,4-9H2,1-3H3. The first-order valence-corrected chi connectivity index (χ1v) is 9.04. The number of nitrogens with zero attached hydrogens (tertiary/aromatic N) is 2. The van der Waals surface area contributed by atoms with E-state index < -0.39 is 21.1 Å². The van der Waals surface area contributed by atoms with Crippen molar-refractivity contribution in [1.82, 2.24) is 5.16 Å². The minimum atomic E-state index is -3.64. The Bertz CT molecular complexity index is 596. The summed E-state index contributed by atoms with van der Waals surface area (Å²) >= 11 is 0. The third-order valence-corrected chi connectivity index (χ3v) is 3.81. The molecular weight excluding hydrogens is 312 g/mol. The van der Waals surface area contributed by atoms with E-state index in [1.54, 1.807) is 0 Å². The number of hydrogen-bond donors (Lipinski definition) is 0. The van der Waals surface area contributed by atoms with E-state index in [4.69, 9.17) is 8.71 Å². The molecule has 1 aromatic heterocycles. The molecule has 0 spiro atoms. The van der Waals surface area contributed by atoms with Crippen molar-refractivity contribution >= 4 is 15.8 Å². The van der Waals surface area contributed by atoms with Crippen LogP contribution in [-0.2, 0) is 20.7 Å². The molecule has 0 aliphatic heterocycles. The third kappa shape index (κ3) is 6.10. The summed E-state index contributed by atoms with van der Waals surface area (Å²) in [5.41, 5.74) is -0.0419. The van der Waals surface area contributed by atoms with Gasteiger partial charge in [-0.1, -0.05) is 37.8 Å². The van der Waals surface area contributed by atoms with E-state index in [9.17, 15) is 18.5 Å². The fourth-order valence-electron chi connectivity index (χ4n) is 2.22. The summed E-state index contributed by atoms with van der Waals surface area (Å²) in [4.78, 5) is 10.4. The average Bonchev–Trinajstić information content (AvgIpc) is 2.73. The second kappa shape index (κ2) is 8.23. The summed E-state index contributed by atoms with van der Waals surface area (Å²) < 4.78 is 32.7. The van der Waals surface area contributed by atoms with Crippen molar-refractivity contribution in [3.05, 3.63) is 21.6 Å². The van der Waals surface area contributed by atoms with Gasteiger partial charge >= 0.3 is 5.69 Å². The molecule has 126 valence electrons. The maximum Gasteiger partial charge on any atom is 0.334 e. The van der Waals surface area contributed by atoms with Crippen LogP contribution in [0.15, 0.2) is 4.52 Å². The summed E-state index contributed by atoms with van der Waals surface area (Å²) in [6.07, 6.45) is 4.63. The quantitative estimate of drug-likeness (QED) is 0.280. The van der Waals surface area contributed by atoms with Gasteiger partial charge in [-0.05, 0) is 13.3 Å². The van der Waals surface area contributed by atoms with Crippen LogP contribution in [-0.4, -0.2) is 30.9 Å². The van der Waals surface area contributed by atoms with Crippen molar-refractivity contribution in [3.8, 4) is 0 Å². The molecule has 9 heteroatoms. The zero-order valence-electron chi connectivity index (χ0n) is 13.1. The molecule has 22 heavy (non-hydrogen) atoms. The molecule has 0 fully saturated rings. The Morgan fingerprint density at radius 1 is 1.36 bits per heavy atom. The van der Waals surface area contributed by atoms with Gasteiger partial charge in [-0.25, -0.2) is 0 Å². The first-order chi connectivity index (χ1) is 10.2. The predicted molar refractivity (Wildman–Crippen MR) is 80.1 cm³/mol. The molecule has 8 nitrogen and oxygen atoms in total. The molecule has 0 amide bonds. The first-order valence-electron chi connectivity index (χ1n) is 7.22. The van der Waals surface area contributed by atoms with Crippen LogP contribution in [0.1, 0.15) is 50.5 Å². The molecular formula is C13H22N2O6S. The van der Waals surface area contributed by atoms with E-state index in [-0.39, 0.29) is 23.6 Å². The summed E-state index contributed by atoms with van der Waals surface area (Å²) in [6.45, 7) is 3.55. The number of unbranched alkanes of at least 4 members (excludes halogenated alkanes) is 3. The van der Waals surface area contributed by atoms with Crippen molar-refractivity contribution in [2.24, 2.45) is 0 Å². The third-order valence-electron chi connectivity index (χ3n) is 3.19. The lowest BCUT2D eigenvalue weighted by Gasteiger charge is -2.14. The van der Waals surface area contributed by atoms with Gasteiger partial charge in [0.2, 0.25) is 5.76 Å². The molecule has 1 atom stereocenters. The molecule has 0 aromatic carbocycles. The second-order valence-corrected chi connectivity index (χ2v) is 6.87. The van der Waals surface area contributed by atoms with Crippen molar-refractivity contribution < 1.29 is 22.0 Å². The number of rotatable bonds is 10. The van der Waals surface area contributed by atoms with Crippen LogP contribution in [0, 0.1) is 17.0 Å². The summed E-state index contributed by atoms with van der Waals surface area (Å²) in [5, 5.41) is 14.6. The molecule has 1 unspecified atom stereocenters. The van der Waals surface area contributed by atoms with Gasteiger partial charge in [0, 0.05) is 6.42 Å². The normalized spacial score (nSPS) is 13.2. The van der Waals surface area contributed by atoms with Crippen molar-refractivity contribution in [1.29, 1.82) is 0 Å². The summed E-state index contributed by atoms with van der Waals surface area (Å²) in [7, 11) is -3.64. The van der Waals surface area contributed by atoms with E-state index >= 15 is 0 Å². The molecule has 1 heterocycles. The molecule has 0 N–H and O–H groups in total. The van der Waals surface area contributed by atoms with Gasteiger partial charge in [0.05, 0.1) is 17.3 Å². The smallest absolute Gasteiger partial charge is 0.334 e. The molecule has 0 aliphatic rings. The monoisotopic (exact) mass is 334 g/mol. The Kier molecular flexibility index (Phi) is 6.95. The fourth-order valence-corrected chi connectivity index (χ4v) is 2.88. The van der Waals surface area contributed by atoms with E-state index in [0.717, 1.165) is 31.9 Å². The van der Waals surface area contributed by atoms with Crippen LogP contribution in [0.4, 0.5) is 5.69 Å². The van der Waals surface area contributed by atoms with Crippen LogP contribution in [0.3, 0.4) is 0 Å². The molecule has 0 bridgehead atoms. The van der Waals surface area contributed by atoms with Gasteiger partial charge in [-0.15, -0.1) is 0 Å². The number of aryl methyl sites for hydroxylation is 1. The molecule has 0 aliphatic carbocycles. The molecule has 1 aromatic rings. The highest BCUT2D eigenvalue weighted by molar-refractivity contribution is 7.86. The highest BCUT2D eigenvalue weighted by Crippen LogP contribution is 2.26. The maximum absolute atomic E-state index is 11.3. The summed E-state index contributed by atoms with van der Waals surface area (Å²) in [5.74, 6) is 0.0478. The lowest BCUT2D eigenvalue weighted by Crippen LogP contribution is -2.20. The molecule has 0 radical (unpaired) electrons. The average molecular weight is 334 g/mol. The van der Waals surface area contributed by atoms with Crippen LogP contribution >= 0.6 is 0 Å². The van der Waals surface area contributed by atoms with Crippen molar-refractivity contribution in [2.45, 2.75) is 58.5 Å².